The first-order valence-electron chi connectivity index (χ1n) is 18.5. The molecule has 0 aromatic heterocycles. The Morgan fingerprint density at radius 3 is 0.805 bits per heavy atom. The number of esters is 2. The van der Waals surface area contributed by atoms with Crippen LogP contribution in [0.4, 0.5) is 0 Å². The molecular formula is C37H72O4. The average Bonchev–Trinajstić information content (AvgIpc) is 2.97. The van der Waals surface area contributed by atoms with Gasteiger partial charge in [-0.3, -0.25) is 9.59 Å². The molecule has 0 aromatic carbocycles. The van der Waals surface area contributed by atoms with Crippen LogP contribution in [0.2, 0.25) is 0 Å². The van der Waals surface area contributed by atoms with E-state index in [4.69, 9.17) is 9.47 Å². The summed E-state index contributed by atoms with van der Waals surface area (Å²) in [5.41, 5.74) is 0. The summed E-state index contributed by atoms with van der Waals surface area (Å²) in [5, 5.41) is 0. The van der Waals surface area contributed by atoms with Crippen molar-refractivity contribution in [3.8, 4) is 0 Å². The highest BCUT2D eigenvalue weighted by Gasteiger charge is 2.06. The maximum Gasteiger partial charge on any atom is 0.305 e. The molecule has 0 spiro atoms. The van der Waals surface area contributed by atoms with E-state index in [9.17, 15) is 9.59 Å². The quantitative estimate of drug-likeness (QED) is 0.0561. The zero-order valence-electron chi connectivity index (χ0n) is 28.0. The number of carbonyl (C=O) groups excluding carboxylic acids is 2. The summed E-state index contributed by atoms with van der Waals surface area (Å²) in [5.74, 6) is -0.178. The maximum atomic E-state index is 11.9. The van der Waals surface area contributed by atoms with Gasteiger partial charge in [-0.1, -0.05) is 174 Å². The second-order valence-corrected chi connectivity index (χ2v) is 12.5. The van der Waals surface area contributed by atoms with E-state index in [-0.39, 0.29) is 11.9 Å². The van der Waals surface area contributed by atoms with Crippen LogP contribution in [0.5, 0.6) is 0 Å². The van der Waals surface area contributed by atoms with Crippen molar-refractivity contribution >= 4 is 11.9 Å². The van der Waals surface area contributed by atoms with Gasteiger partial charge in [0.25, 0.3) is 0 Å². The fraction of sp³-hybridized carbons (Fsp3) is 0.946. The second-order valence-electron chi connectivity index (χ2n) is 12.5. The molecule has 0 aliphatic carbocycles. The Labute approximate surface area is 256 Å². The molecule has 0 radical (unpaired) electrons. The van der Waals surface area contributed by atoms with Crippen molar-refractivity contribution in [1.82, 2.24) is 0 Å². The lowest BCUT2D eigenvalue weighted by Crippen LogP contribution is -2.07. The van der Waals surface area contributed by atoms with Gasteiger partial charge in [-0.25, -0.2) is 0 Å². The highest BCUT2D eigenvalue weighted by molar-refractivity contribution is 5.69. The van der Waals surface area contributed by atoms with E-state index >= 15 is 0 Å². The first-order valence-corrected chi connectivity index (χ1v) is 18.5. The number of unbranched alkanes of at least 4 members (excludes halogenated alkanes) is 26. The van der Waals surface area contributed by atoms with E-state index in [1.807, 2.05) is 0 Å². The van der Waals surface area contributed by atoms with Gasteiger partial charge >= 0.3 is 11.9 Å². The van der Waals surface area contributed by atoms with Crippen molar-refractivity contribution in [2.75, 3.05) is 13.2 Å². The predicted octanol–water partition coefficient (Wildman–Crippen LogP) is 12.2. The lowest BCUT2D eigenvalue weighted by atomic mass is 10.0. The van der Waals surface area contributed by atoms with Crippen molar-refractivity contribution < 1.29 is 19.1 Å². The molecule has 0 fully saturated rings. The topological polar surface area (TPSA) is 52.6 Å². The minimum atomic E-state index is -0.0890. The summed E-state index contributed by atoms with van der Waals surface area (Å²) in [6, 6.07) is 0. The zero-order valence-corrected chi connectivity index (χ0v) is 28.0. The van der Waals surface area contributed by atoms with Crippen LogP contribution in [0.25, 0.3) is 0 Å². The standard InChI is InChI=1S/C37H72O4/c1-3-5-7-9-11-13-15-17-19-21-23-25-30-34-40-36(38)32-28-27-29-33-37(39)41-35-31-26-24-22-20-18-16-14-12-10-8-6-4-2/h3-35H2,1-2H3. The molecule has 0 saturated carbocycles. The van der Waals surface area contributed by atoms with Gasteiger partial charge in [-0.05, 0) is 25.7 Å². The maximum absolute atomic E-state index is 11.9. The third-order valence-corrected chi connectivity index (χ3v) is 8.28. The number of ether oxygens (including phenoxy) is 2. The lowest BCUT2D eigenvalue weighted by molar-refractivity contribution is -0.144. The molecule has 4 heteroatoms. The van der Waals surface area contributed by atoms with Crippen molar-refractivity contribution in [2.24, 2.45) is 0 Å². The molecule has 0 saturated heterocycles. The largest absolute Gasteiger partial charge is 0.466 e. The van der Waals surface area contributed by atoms with E-state index in [0.29, 0.717) is 26.1 Å². The third-order valence-electron chi connectivity index (χ3n) is 8.28. The second kappa shape index (κ2) is 35.1. The summed E-state index contributed by atoms with van der Waals surface area (Å²) < 4.78 is 10.7. The van der Waals surface area contributed by atoms with E-state index in [2.05, 4.69) is 13.8 Å². The molecular weight excluding hydrogens is 508 g/mol. The first-order chi connectivity index (χ1) is 20.2. The molecule has 0 N–H and O–H groups in total. The van der Waals surface area contributed by atoms with Crippen LogP contribution < -0.4 is 0 Å². The monoisotopic (exact) mass is 581 g/mol. The van der Waals surface area contributed by atoms with Crippen molar-refractivity contribution in [3.05, 3.63) is 0 Å². The van der Waals surface area contributed by atoms with E-state index in [0.717, 1.165) is 44.9 Å². The van der Waals surface area contributed by atoms with Crippen LogP contribution in [0.15, 0.2) is 0 Å². The molecule has 0 rings (SSSR count). The van der Waals surface area contributed by atoms with Crippen molar-refractivity contribution in [1.29, 1.82) is 0 Å². The highest BCUT2D eigenvalue weighted by atomic mass is 16.5. The van der Waals surface area contributed by atoms with Crippen LogP contribution in [-0.2, 0) is 19.1 Å². The molecule has 0 amide bonds. The van der Waals surface area contributed by atoms with E-state index in [1.165, 1.54) is 141 Å². The predicted molar refractivity (Wildman–Crippen MR) is 176 cm³/mol. The SMILES string of the molecule is CCCCCCCCCCCCCCCOC(=O)CCCCCC(=O)OCCCCCCCCCCCCCCC. The van der Waals surface area contributed by atoms with Gasteiger partial charge in [0.15, 0.2) is 0 Å². The molecule has 0 atom stereocenters. The normalized spacial score (nSPS) is 11.2. The first kappa shape index (κ1) is 39.9. The molecule has 41 heavy (non-hydrogen) atoms. The fourth-order valence-electron chi connectivity index (χ4n) is 5.47. The molecule has 0 aliphatic heterocycles. The molecule has 0 bridgehead atoms. The lowest BCUT2D eigenvalue weighted by Gasteiger charge is -2.06. The Balaban J connectivity index is 3.26. The molecule has 0 aromatic rings. The van der Waals surface area contributed by atoms with Crippen LogP contribution in [0.1, 0.15) is 213 Å². The van der Waals surface area contributed by atoms with Crippen LogP contribution in [-0.4, -0.2) is 25.2 Å². The zero-order chi connectivity index (χ0) is 29.9. The summed E-state index contributed by atoms with van der Waals surface area (Å²) in [4.78, 5) is 23.8. The summed E-state index contributed by atoms with van der Waals surface area (Å²) in [6.07, 6.45) is 37.8. The smallest absolute Gasteiger partial charge is 0.305 e. The van der Waals surface area contributed by atoms with Gasteiger partial charge in [0.2, 0.25) is 0 Å². The molecule has 4 nitrogen and oxygen atoms in total. The minimum Gasteiger partial charge on any atom is -0.466 e. The van der Waals surface area contributed by atoms with Gasteiger partial charge in [-0.15, -0.1) is 0 Å². The van der Waals surface area contributed by atoms with Crippen LogP contribution in [0.3, 0.4) is 0 Å². The molecule has 0 unspecified atom stereocenters. The van der Waals surface area contributed by atoms with E-state index < -0.39 is 0 Å². The summed E-state index contributed by atoms with van der Waals surface area (Å²) in [7, 11) is 0. The number of hydrogen-bond acceptors (Lipinski definition) is 4. The van der Waals surface area contributed by atoms with E-state index in [1.54, 1.807) is 0 Å². The Morgan fingerprint density at radius 1 is 0.317 bits per heavy atom. The highest BCUT2D eigenvalue weighted by Crippen LogP contribution is 2.14. The summed E-state index contributed by atoms with van der Waals surface area (Å²) in [6.45, 7) is 5.66. The van der Waals surface area contributed by atoms with Gasteiger partial charge in [0.05, 0.1) is 13.2 Å². The Kier molecular flexibility index (Phi) is 34.2. The van der Waals surface area contributed by atoms with Crippen molar-refractivity contribution in [2.45, 2.75) is 213 Å². The number of rotatable bonds is 34. The van der Waals surface area contributed by atoms with Gasteiger partial charge < -0.3 is 9.47 Å². The average molecular weight is 581 g/mol. The molecule has 0 heterocycles. The Morgan fingerprint density at radius 2 is 0.537 bits per heavy atom. The molecule has 244 valence electrons. The van der Waals surface area contributed by atoms with Crippen LogP contribution >= 0.6 is 0 Å². The van der Waals surface area contributed by atoms with Crippen molar-refractivity contribution in [3.63, 3.8) is 0 Å². The van der Waals surface area contributed by atoms with Crippen LogP contribution in [0, 0.1) is 0 Å². The van der Waals surface area contributed by atoms with Gasteiger partial charge in [0, 0.05) is 12.8 Å². The number of hydrogen-bond donors (Lipinski definition) is 0. The summed E-state index contributed by atoms with van der Waals surface area (Å²) >= 11 is 0. The molecule has 0 aliphatic rings. The Hall–Kier alpha value is -1.06. The fourth-order valence-corrected chi connectivity index (χ4v) is 5.47. The van der Waals surface area contributed by atoms with Gasteiger partial charge in [-0.2, -0.15) is 0 Å². The Bertz CT molecular complexity index is 487. The minimum absolute atomic E-state index is 0.0890. The number of carbonyl (C=O) groups is 2. The van der Waals surface area contributed by atoms with Gasteiger partial charge in [0.1, 0.15) is 0 Å². The third kappa shape index (κ3) is 35.0.